The second-order valence-corrected chi connectivity index (χ2v) is 5.96. The van der Waals surface area contributed by atoms with Crippen molar-refractivity contribution in [3.05, 3.63) is 28.2 Å². The van der Waals surface area contributed by atoms with E-state index < -0.39 is 0 Å². The molecule has 3 heteroatoms. The summed E-state index contributed by atoms with van der Waals surface area (Å²) in [5.74, 6) is 0.956. The second-order valence-electron chi connectivity index (χ2n) is 4.54. The van der Waals surface area contributed by atoms with Crippen molar-refractivity contribution in [3.63, 3.8) is 0 Å². The topological polar surface area (TPSA) is 9.23 Å². The number of halogens is 2. The number of hydrogen-bond acceptors (Lipinski definition) is 1. The summed E-state index contributed by atoms with van der Waals surface area (Å²) in [6.07, 6.45) is 2.26. The second kappa shape index (κ2) is 6.79. The van der Waals surface area contributed by atoms with Crippen LogP contribution in [-0.2, 0) is 0 Å². The quantitative estimate of drug-likeness (QED) is 0.620. The molecule has 0 unspecified atom stereocenters. The third kappa shape index (κ3) is 3.99. The minimum absolute atomic E-state index is 0.251. The number of ether oxygens (including phenoxy) is 1. The van der Waals surface area contributed by atoms with Crippen molar-refractivity contribution in [1.29, 1.82) is 0 Å². The zero-order valence-corrected chi connectivity index (χ0v) is 13.9. The third-order valence-electron chi connectivity index (χ3n) is 3.46. The molecule has 0 aromatic heterocycles. The third-order valence-corrected chi connectivity index (χ3v) is 5.54. The van der Waals surface area contributed by atoms with Gasteiger partial charge in [0.15, 0.2) is 0 Å². The Morgan fingerprint density at radius 2 is 1.88 bits per heavy atom. The first-order chi connectivity index (χ1) is 8.06. The highest BCUT2D eigenvalue weighted by atomic mass is 79.9. The van der Waals surface area contributed by atoms with Crippen molar-refractivity contribution >= 4 is 31.9 Å². The number of hydrogen-bond donors (Lipinski definition) is 0. The lowest BCUT2D eigenvalue weighted by molar-refractivity contribution is 0.158. The van der Waals surface area contributed by atoms with Crippen LogP contribution in [0.5, 0.6) is 5.75 Å². The predicted octanol–water partition coefficient (Wildman–Crippen LogP) is 5.34. The van der Waals surface area contributed by atoms with Crippen LogP contribution in [0, 0.1) is 12.3 Å². The summed E-state index contributed by atoms with van der Waals surface area (Å²) in [4.78, 5) is 0. The van der Waals surface area contributed by atoms with Crippen LogP contribution in [0.2, 0.25) is 0 Å². The van der Waals surface area contributed by atoms with Crippen molar-refractivity contribution in [1.82, 2.24) is 0 Å². The van der Waals surface area contributed by atoms with E-state index in [0.29, 0.717) is 0 Å². The molecule has 0 aliphatic heterocycles. The minimum atomic E-state index is 0.251. The van der Waals surface area contributed by atoms with Crippen LogP contribution in [0.3, 0.4) is 0 Å². The molecule has 0 amide bonds. The smallest absolute Gasteiger partial charge is 0.119 e. The molecule has 0 N–H and O–H groups in total. The molecule has 1 nitrogen and oxygen atoms in total. The average Bonchev–Trinajstić information content (AvgIpc) is 2.36. The highest BCUT2D eigenvalue weighted by Crippen LogP contribution is 2.30. The Morgan fingerprint density at radius 1 is 1.24 bits per heavy atom. The molecule has 0 saturated heterocycles. The van der Waals surface area contributed by atoms with E-state index in [1.165, 1.54) is 5.56 Å². The highest BCUT2D eigenvalue weighted by Gasteiger charge is 2.25. The Morgan fingerprint density at radius 3 is 2.35 bits per heavy atom. The van der Waals surface area contributed by atoms with Gasteiger partial charge in [0.05, 0.1) is 6.61 Å². The Labute approximate surface area is 121 Å². The molecule has 0 aliphatic rings. The van der Waals surface area contributed by atoms with E-state index in [1.54, 1.807) is 0 Å². The number of alkyl halides is 1. The van der Waals surface area contributed by atoms with Gasteiger partial charge in [-0.15, -0.1) is 0 Å². The Balaban J connectivity index is 2.68. The van der Waals surface area contributed by atoms with Crippen molar-refractivity contribution in [2.45, 2.75) is 33.6 Å². The summed E-state index contributed by atoms with van der Waals surface area (Å²) in [5.41, 5.74) is 1.46. The van der Waals surface area contributed by atoms with E-state index in [0.717, 1.165) is 35.0 Å². The Bertz CT molecular complexity index is 351. The van der Waals surface area contributed by atoms with Gasteiger partial charge in [-0.3, -0.25) is 0 Å². The van der Waals surface area contributed by atoms with E-state index in [-0.39, 0.29) is 5.41 Å². The van der Waals surface area contributed by atoms with Gasteiger partial charge in [-0.25, -0.2) is 0 Å². The van der Waals surface area contributed by atoms with E-state index >= 15 is 0 Å². The molecule has 0 heterocycles. The molecule has 0 radical (unpaired) electrons. The summed E-state index contributed by atoms with van der Waals surface area (Å²) in [6.45, 7) is 7.29. The van der Waals surface area contributed by atoms with Gasteiger partial charge >= 0.3 is 0 Å². The Kier molecular flexibility index (Phi) is 6.01. The molecule has 0 bridgehead atoms. The molecule has 1 rings (SSSR count). The predicted molar refractivity (Wildman–Crippen MR) is 81.2 cm³/mol. The maximum atomic E-state index is 5.93. The van der Waals surface area contributed by atoms with Gasteiger partial charge in [0.1, 0.15) is 5.75 Å². The maximum Gasteiger partial charge on any atom is 0.119 e. The van der Waals surface area contributed by atoms with Gasteiger partial charge in [-0.2, -0.15) is 0 Å². The van der Waals surface area contributed by atoms with Crippen LogP contribution in [0.15, 0.2) is 22.7 Å². The fraction of sp³-hybridized carbons (Fsp3) is 0.571. The van der Waals surface area contributed by atoms with Crippen molar-refractivity contribution in [2.24, 2.45) is 5.41 Å². The standard InChI is InChI=1S/C14H20Br2O/c1-4-14(5-2,9-15)10-17-12-6-7-13(16)11(3)8-12/h6-8H,4-5,9-10H2,1-3H3. The van der Waals surface area contributed by atoms with Crippen LogP contribution in [0.25, 0.3) is 0 Å². The van der Waals surface area contributed by atoms with E-state index in [2.05, 4.69) is 58.7 Å². The van der Waals surface area contributed by atoms with E-state index in [4.69, 9.17) is 4.74 Å². The molecule has 0 atom stereocenters. The van der Waals surface area contributed by atoms with Crippen molar-refractivity contribution < 1.29 is 4.74 Å². The van der Waals surface area contributed by atoms with Gasteiger partial charge in [0, 0.05) is 15.2 Å². The first kappa shape index (κ1) is 15.0. The van der Waals surface area contributed by atoms with Crippen molar-refractivity contribution in [3.8, 4) is 5.75 Å². The van der Waals surface area contributed by atoms with Gasteiger partial charge in [0.25, 0.3) is 0 Å². The fourth-order valence-corrected chi connectivity index (χ4v) is 2.83. The summed E-state index contributed by atoms with van der Waals surface area (Å²) < 4.78 is 7.06. The lowest BCUT2D eigenvalue weighted by Crippen LogP contribution is -2.29. The Hall–Kier alpha value is -0.0200. The summed E-state index contributed by atoms with van der Waals surface area (Å²) >= 11 is 7.10. The first-order valence-corrected chi connectivity index (χ1v) is 7.93. The molecule has 0 fully saturated rings. The molecule has 0 spiro atoms. The zero-order valence-electron chi connectivity index (χ0n) is 10.7. The van der Waals surface area contributed by atoms with E-state index in [9.17, 15) is 0 Å². The average molecular weight is 364 g/mol. The molecule has 1 aromatic rings. The number of benzene rings is 1. The van der Waals surface area contributed by atoms with Gasteiger partial charge in [0.2, 0.25) is 0 Å². The summed E-state index contributed by atoms with van der Waals surface area (Å²) in [6, 6.07) is 6.13. The van der Waals surface area contributed by atoms with Crippen LogP contribution in [-0.4, -0.2) is 11.9 Å². The number of aryl methyl sites for hydroxylation is 1. The lowest BCUT2D eigenvalue weighted by Gasteiger charge is -2.29. The van der Waals surface area contributed by atoms with Crippen molar-refractivity contribution in [2.75, 3.05) is 11.9 Å². The normalized spacial score (nSPS) is 11.6. The highest BCUT2D eigenvalue weighted by molar-refractivity contribution is 9.10. The SMILES string of the molecule is CCC(CC)(CBr)COc1ccc(Br)c(C)c1. The van der Waals surface area contributed by atoms with E-state index in [1.807, 2.05) is 12.1 Å². The first-order valence-electron chi connectivity index (χ1n) is 6.02. The van der Waals surface area contributed by atoms with Crippen LogP contribution in [0.1, 0.15) is 32.3 Å². The van der Waals surface area contributed by atoms with Gasteiger partial charge in [-0.05, 0) is 43.5 Å². The van der Waals surface area contributed by atoms with Crippen LogP contribution in [0.4, 0.5) is 0 Å². The summed E-state index contributed by atoms with van der Waals surface area (Å²) in [5, 5.41) is 0.989. The maximum absolute atomic E-state index is 5.93. The molecular weight excluding hydrogens is 344 g/mol. The molecule has 17 heavy (non-hydrogen) atoms. The minimum Gasteiger partial charge on any atom is -0.493 e. The van der Waals surface area contributed by atoms with Crippen LogP contribution < -0.4 is 4.74 Å². The largest absolute Gasteiger partial charge is 0.493 e. The number of rotatable bonds is 6. The summed E-state index contributed by atoms with van der Waals surface area (Å²) in [7, 11) is 0. The molecular formula is C14H20Br2O. The van der Waals surface area contributed by atoms with Crippen LogP contribution >= 0.6 is 31.9 Å². The molecule has 1 aromatic carbocycles. The lowest BCUT2D eigenvalue weighted by atomic mass is 9.86. The monoisotopic (exact) mass is 362 g/mol. The fourth-order valence-electron chi connectivity index (χ4n) is 1.63. The molecule has 96 valence electrons. The molecule has 0 aliphatic carbocycles. The van der Waals surface area contributed by atoms with Gasteiger partial charge in [-0.1, -0.05) is 45.7 Å². The molecule has 0 saturated carbocycles. The van der Waals surface area contributed by atoms with Gasteiger partial charge < -0.3 is 4.74 Å². The zero-order chi connectivity index (χ0) is 12.9.